The van der Waals surface area contributed by atoms with Crippen LogP contribution in [0.25, 0.3) is 0 Å². The normalized spacial score (nSPS) is 14.2. The zero-order chi connectivity index (χ0) is 4.99. The van der Waals surface area contributed by atoms with E-state index in [0.29, 0.717) is 0 Å². The molecule has 0 unspecified atom stereocenters. The van der Waals surface area contributed by atoms with Gasteiger partial charge in [-0.2, -0.15) is 10.7 Å². The molecule has 0 aromatic rings. The number of nitrogens with one attached hydrogen (secondary N) is 1. The van der Waals surface area contributed by atoms with Crippen molar-refractivity contribution in [1.82, 2.24) is 0 Å². The van der Waals surface area contributed by atoms with Gasteiger partial charge in [0.1, 0.15) is 0 Å². The molecule has 0 saturated heterocycles. The summed E-state index contributed by atoms with van der Waals surface area (Å²) in [6.45, 7) is 0. The average Bonchev–Trinajstić information content (AvgIpc) is 1.35. The van der Waals surface area contributed by atoms with Crippen LogP contribution in [-0.2, 0) is 14.9 Å². The fourth-order valence-corrected chi connectivity index (χ4v) is 0.175. The highest BCUT2D eigenvalue weighted by atomic mass is 32.2. The molecule has 0 aromatic carbocycles. The van der Waals surface area contributed by atoms with E-state index in [1.807, 2.05) is 0 Å². The highest BCUT2D eigenvalue weighted by Gasteiger charge is 1.42. The molecule has 6 heavy (non-hydrogen) atoms. The van der Waals surface area contributed by atoms with Crippen molar-refractivity contribution in [1.29, 1.82) is 5.41 Å². The summed E-state index contributed by atoms with van der Waals surface area (Å²) >= 11 is 0. The third-order valence-corrected chi connectivity index (χ3v) is 0.553. The largest absolute Gasteiger partial charge is 0.467 e. The maximum atomic E-state index is 9.50. The SMILES string of the molecule is N=CC=[S-](=O)O. The fraction of sp³-hybridized carbons (Fsp3) is 0. The monoisotopic (exact) mass is 106 g/mol. The summed E-state index contributed by atoms with van der Waals surface area (Å²) in [5.41, 5.74) is 0. The van der Waals surface area contributed by atoms with Gasteiger partial charge >= 0.3 is 0 Å². The first kappa shape index (κ1) is 5.65. The van der Waals surface area contributed by atoms with E-state index in [1.54, 1.807) is 0 Å². The second-order valence-corrected chi connectivity index (χ2v) is 1.40. The molecule has 0 atom stereocenters. The second kappa shape index (κ2) is 2.87. The van der Waals surface area contributed by atoms with Crippen molar-refractivity contribution >= 4 is 22.3 Å². The lowest BCUT2D eigenvalue weighted by atomic mass is 10.9. The van der Waals surface area contributed by atoms with E-state index in [1.165, 1.54) is 0 Å². The highest BCUT2D eigenvalue weighted by molar-refractivity contribution is 7.79. The highest BCUT2D eigenvalue weighted by Crippen LogP contribution is 1.43. The Bertz CT molecular complexity index is 113. The molecule has 0 heterocycles. The molecule has 0 aliphatic rings. The number of rotatable bonds is 1. The van der Waals surface area contributed by atoms with Gasteiger partial charge in [0, 0.05) is 0 Å². The predicted molar refractivity (Wildman–Crippen MR) is 25.5 cm³/mol. The second-order valence-electron chi connectivity index (χ2n) is 0.579. The summed E-state index contributed by atoms with van der Waals surface area (Å²) < 4.78 is 17.3. The molecule has 0 aromatic heterocycles. The molecule has 0 saturated carbocycles. The van der Waals surface area contributed by atoms with Crippen molar-refractivity contribution in [2.75, 3.05) is 0 Å². The van der Waals surface area contributed by atoms with Gasteiger partial charge in [-0.3, -0.25) is 0 Å². The van der Waals surface area contributed by atoms with Crippen molar-refractivity contribution in [3.05, 3.63) is 0 Å². The summed E-state index contributed by atoms with van der Waals surface area (Å²) in [7, 11) is -1.93. The third kappa shape index (κ3) is 3.65. The van der Waals surface area contributed by atoms with Gasteiger partial charge < -0.3 is 14.2 Å². The van der Waals surface area contributed by atoms with Crippen LogP contribution >= 0.6 is 0 Å². The molecular weight excluding hydrogens is 102 g/mol. The van der Waals surface area contributed by atoms with Gasteiger partial charge in [-0.1, -0.05) is 0 Å². The van der Waals surface area contributed by atoms with E-state index in [2.05, 4.69) is 0 Å². The van der Waals surface area contributed by atoms with Gasteiger partial charge in [-0.15, -0.1) is 5.37 Å². The molecule has 0 radical (unpaired) electrons. The molecule has 2 N–H and O–H groups in total. The van der Waals surface area contributed by atoms with Crippen molar-refractivity contribution in [3.8, 4) is 0 Å². The third-order valence-electron chi connectivity index (χ3n) is 0.184. The molecule has 0 aliphatic heterocycles. The molecule has 0 bridgehead atoms. The molecular formula is C2H4NO2S-. The maximum absolute atomic E-state index is 9.50. The smallest absolute Gasteiger partial charge is 0.00382 e. The summed E-state index contributed by atoms with van der Waals surface area (Å²) in [6, 6.07) is 0. The Morgan fingerprint density at radius 3 is 2.33 bits per heavy atom. The van der Waals surface area contributed by atoms with E-state index in [-0.39, 0.29) is 0 Å². The van der Waals surface area contributed by atoms with Crippen molar-refractivity contribution < 1.29 is 8.76 Å². The van der Waals surface area contributed by atoms with Crippen LogP contribution in [0.5, 0.6) is 0 Å². The summed E-state index contributed by atoms with van der Waals surface area (Å²) in [5.74, 6) is 0. The Balaban J connectivity index is 3.75. The van der Waals surface area contributed by atoms with Gasteiger partial charge in [0.05, 0.1) is 0 Å². The lowest BCUT2D eigenvalue weighted by Crippen LogP contribution is -1.76. The Labute approximate surface area is 37.4 Å². The van der Waals surface area contributed by atoms with Gasteiger partial charge in [0.25, 0.3) is 0 Å². The first-order valence-electron chi connectivity index (χ1n) is 1.21. The van der Waals surface area contributed by atoms with Gasteiger partial charge in [-0.05, 0) is 6.21 Å². The van der Waals surface area contributed by atoms with Gasteiger partial charge in [-0.25, -0.2) is 0 Å². The van der Waals surface area contributed by atoms with Gasteiger partial charge in [0.15, 0.2) is 0 Å². The van der Waals surface area contributed by atoms with Crippen LogP contribution in [0.1, 0.15) is 0 Å². The molecule has 0 aliphatic carbocycles. The van der Waals surface area contributed by atoms with E-state index in [4.69, 9.17) is 9.96 Å². The minimum atomic E-state index is -1.93. The van der Waals surface area contributed by atoms with Crippen LogP contribution < -0.4 is 0 Å². The van der Waals surface area contributed by atoms with Crippen molar-refractivity contribution in [2.45, 2.75) is 0 Å². The minimum absolute atomic E-state index is 0.774. The van der Waals surface area contributed by atoms with Gasteiger partial charge in [0.2, 0.25) is 0 Å². The Morgan fingerprint density at radius 2 is 2.33 bits per heavy atom. The number of hydrogen-bond donors (Lipinski definition) is 2. The lowest BCUT2D eigenvalue weighted by Gasteiger charge is -1.79. The van der Waals surface area contributed by atoms with E-state index in [9.17, 15) is 4.21 Å². The molecule has 36 valence electrons. The summed E-state index contributed by atoms with van der Waals surface area (Å²) in [4.78, 5) is 0. The molecule has 3 nitrogen and oxygen atoms in total. The Morgan fingerprint density at radius 1 is 1.83 bits per heavy atom. The summed E-state index contributed by atoms with van der Waals surface area (Å²) in [6.07, 6.45) is 0.774. The first-order chi connectivity index (χ1) is 2.77. The van der Waals surface area contributed by atoms with E-state index in [0.717, 1.165) is 11.6 Å². The van der Waals surface area contributed by atoms with Crippen LogP contribution in [0, 0.1) is 5.41 Å². The Kier molecular flexibility index (Phi) is 2.70. The van der Waals surface area contributed by atoms with Crippen LogP contribution in [0.3, 0.4) is 0 Å². The van der Waals surface area contributed by atoms with Crippen LogP contribution in [0.4, 0.5) is 0 Å². The van der Waals surface area contributed by atoms with E-state index < -0.39 is 10.7 Å². The Hall–Kier alpha value is -0.350. The molecule has 4 heteroatoms. The molecule has 0 amide bonds. The summed E-state index contributed by atoms with van der Waals surface area (Å²) in [5, 5.41) is 7.06. The first-order valence-corrected chi connectivity index (χ1v) is 2.38. The van der Waals surface area contributed by atoms with Crippen LogP contribution in [0.15, 0.2) is 0 Å². The van der Waals surface area contributed by atoms with E-state index >= 15 is 0 Å². The molecule has 0 fully saturated rings. The van der Waals surface area contributed by atoms with Crippen molar-refractivity contribution in [3.63, 3.8) is 0 Å². The maximum Gasteiger partial charge on any atom is -0.00382 e. The quantitative estimate of drug-likeness (QED) is 0.212. The fourth-order valence-electron chi connectivity index (χ4n) is 0.0582. The standard InChI is InChI=1S/C2H4NO2S/c3-1-2-6(4)5/h1-3H,(H,4,5)/q-1. The zero-order valence-corrected chi connectivity index (χ0v) is 3.73. The number of hydrogen-bond acceptors (Lipinski definition) is 3. The minimum Gasteiger partial charge on any atom is -0.467 e. The molecule has 0 rings (SSSR count). The molecule has 0 spiro atoms. The zero-order valence-electron chi connectivity index (χ0n) is 2.92. The lowest BCUT2D eigenvalue weighted by molar-refractivity contribution is 0.535. The van der Waals surface area contributed by atoms with Crippen LogP contribution in [0.2, 0.25) is 0 Å². The van der Waals surface area contributed by atoms with Crippen LogP contribution in [-0.4, -0.2) is 16.1 Å². The van der Waals surface area contributed by atoms with Crippen molar-refractivity contribution in [2.24, 2.45) is 0 Å². The topological polar surface area (TPSA) is 61.2 Å². The predicted octanol–water partition coefficient (Wildman–Crippen LogP) is -0.125. The average molecular weight is 106 g/mol.